The van der Waals surface area contributed by atoms with Crippen molar-refractivity contribution in [3.05, 3.63) is 53.1 Å². The maximum atomic E-state index is 13.2. The Balaban J connectivity index is 2.28. The number of nitrogens with zero attached hydrogens (tertiary/aromatic N) is 1. The van der Waals surface area contributed by atoms with Crippen LogP contribution in [0.4, 0.5) is 15.8 Å². The maximum Gasteiger partial charge on any atom is 0.257 e. The van der Waals surface area contributed by atoms with Crippen molar-refractivity contribution in [2.45, 2.75) is 0 Å². The Labute approximate surface area is 108 Å². The molecule has 3 N–H and O–H groups in total. The first-order valence-electron chi connectivity index (χ1n) is 5.04. The molecule has 0 aliphatic heterocycles. The molecule has 4 nitrogen and oxygen atoms in total. The Hall–Kier alpha value is -2.14. The summed E-state index contributed by atoms with van der Waals surface area (Å²) in [6.07, 6.45) is 2.89. The average molecular weight is 266 g/mol. The van der Waals surface area contributed by atoms with Crippen LogP contribution in [0.1, 0.15) is 10.4 Å². The van der Waals surface area contributed by atoms with Crippen LogP contribution >= 0.6 is 11.6 Å². The predicted molar refractivity (Wildman–Crippen MR) is 68.0 cm³/mol. The van der Waals surface area contributed by atoms with Gasteiger partial charge in [-0.2, -0.15) is 0 Å². The molecule has 0 saturated heterocycles. The third-order valence-electron chi connectivity index (χ3n) is 2.31. The molecular weight excluding hydrogens is 257 g/mol. The molecule has 0 bridgehead atoms. The minimum Gasteiger partial charge on any atom is -0.396 e. The zero-order chi connectivity index (χ0) is 13.1. The number of rotatable bonds is 2. The van der Waals surface area contributed by atoms with Gasteiger partial charge in [0.2, 0.25) is 0 Å². The minimum atomic E-state index is -0.639. The van der Waals surface area contributed by atoms with Crippen LogP contribution < -0.4 is 11.1 Å². The number of halogens is 2. The summed E-state index contributed by atoms with van der Waals surface area (Å²) < 4.78 is 13.2. The van der Waals surface area contributed by atoms with Crippen molar-refractivity contribution in [1.82, 2.24) is 4.98 Å². The lowest BCUT2D eigenvalue weighted by atomic mass is 10.1. The molecule has 2 rings (SSSR count). The van der Waals surface area contributed by atoms with E-state index in [1.165, 1.54) is 36.7 Å². The number of benzene rings is 1. The predicted octanol–water partition coefficient (Wildman–Crippen LogP) is 2.71. The van der Waals surface area contributed by atoms with Crippen molar-refractivity contribution < 1.29 is 9.18 Å². The quantitative estimate of drug-likeness (QED) is 0.821. The van der Waals surface area contributed by atoms with Gasteiger partial charge in [-0.15, -0.1) is 0 Å². The van der Waals surface area contributed by atoms with Gasteiger partial charge in [-0.3, -0.25) is 9.78 Å². The second kappa shape index (κ2) is 5.01. The molecule has 0 unspecified atom stereocenters. The van der Waals surface area contributed by atoms with Crippen molar-refractivity contribution in [3.63, 3.8) is 0 Å². The molecule has 6 heteroatoms. The minimum absolute atomic E-state index is 0.0509. The van der Waals surface area contributed by atoms with Gasteiger partial charge in [0.15, 0.2) is 0 Å². The third-order valence-corrected chi connectivity index (χ3v) is 2.64. The monoisotopic (exact) mass is 265 g/mol. The highest BCUT2D eigenvalue weighted by atomic mass is 35.5. The van der Waals surface area contributed by atoms with Crippen molar-refractivity contribution in [2.75, 3.05) is 11.1 Å². The van der Waals surface area contributed by atoms with E-state index in [0.717, 1.165) is 0 Å². The number of carbonyl (C=O) groups is 1. The molecule has 2 aromatic rings. The summed E-state index contributed by atoms with van der Waals surface area (Å²) in [5.41, 5.74) is 5.68. The lowest BCUT2D eigenvalue weighted by molar-refractivity contribution is 0.102. The number of hydrogen-bond acceptors (Lipinski definition) is 3. The van der Waals surface area contributed by atoms with Gasteiger partial charge < -0.3 is 11.1 Å². The summed E-state index contributed by atoms with van der Waals surface area (Å²) in [7, 11) is 0. The zero-order valence-electron chi connectivity index (χ0n) is 9.15. The van der Waals surface area contributed by atoms with Gasteiger partial charge in [-0.25, -0.2) is 4.39 Å². The van der Waals surface area contributed by atoms with Crippen molar-refractivity contribution >= 4 is 28.9 Å². The molecule has 1 aromatic carbocycles. The molecule has 0 aliphatic rings. The standard InChI is InChI=1S/C12H9ClFN3O/c13-8-4-5-16-6-10(8)17-12(18)7-2-1-3-9(14)11(7)15/h1-6H,15H2,(H,17,18). The Morgan fingerprint density at radius 1 is 1.39 bits per heavy atom. The number of hydrogen-bond donors (Lipinski definition) is 2. The number of nitrogen functional groups attached to an aromatic ring is 1. The molecule has 0 fully saturated rings. The summed E-state index contributed by atoms with van der Waals surface area (Å²) in [6.45, 7) is 0. The van der Waals surface area contributed by atoms with Crippen LogP contribution in [0.5, 0.6) is 0 Å². The number of carbonyl (C=O) groups excluding carboxylic acids is 1. The topological polar surface area (TPSA) is 68.0 Å². The largest absolute Gasteiger partial charge is 0.396 e. The lowest BCUT2D eigenvalue weighted by Crippen LogP contribution is -2.15. The van der Waals surface area contributed by atoms with E-state index < -0.39 is 11.7 Å². The van der Waals surface area contributed by atoms with Crippen LogP contribution in [0.25, 0.3) is 0 Å². The van der Waals surface area contributed by atoms with Crippen molar-refractivity contribution in [2.24, 2.45) is 0 Å². The first-order chi connectivity index (χ1) is 8.59. The van der Waals surface area contributed by atoms with Gasteiger partial charge >= 0.3 is 0 Å². The summed E-state index contributed by atoms with van der Waals surface area (Å²) in [5.74, 6) is -1.18. The molecule has 1 amide bonds. The van der Waals surface area contributed by atoms with E-state index in [-0.39, 0.29) is 11.3 Å². The first kappa shape index (κ1) is 12.3. The van der Waals surface area contributed by atoms with Gasteiger partial charge in [0.25, 0.3) is 5.91 Å². The molecule has 0 radical (unpaired) electrons. The average Bonchev–Trinajstić information content (AvgIpc) is 2.35. The summed E-state index contributed by atoms with van der Waals surface area (Å²) in [6, 6.07) is 5.55. The second-order valence-electron chi connectivity index (χ2n) is 3.51. The number of aromatic nitrogens is 1. The van der Waals surface area contributed by atoms with Crippen LogP contribution in [-0.2, 0) is 0 Å². The molecule has 0 spiro atoms. The number of amides is 1. The molecule has 1 aromatic heterocycles. The van der Waals surface area contributed by atoms with E-state index in [9.17, 15) is 9.18 Å². The number of para-hydroxylation sites is 1. The van der Waals surface area contributed by atoms with Crippen LogP contribution in [0, 0.1) is 5.82 Å². The Bertz CT molecular complexity index is 604. The smallest absolute Gasteiger partial charge is 0.257 e. The van der Waals surface area contributed by atoms with E-state index in [1.54, 1.807) is 0 Å². The number of nitrogens with one attached hydrogen (secondary N) is 1. The van der Waals surface area contributed by atoms with Gasteiger partial charge in [0.1, 0.15) is 5.82 Å². The van der Waals surface area contributed by atoms with E-state index in [0.29, 0.717) is 10.7 Å². The summed E-state index contributed by atoms with van der Waals surface area (Å²) >= 11 is 5.87. The van der Waals surface area contributed by atoms with E-state index in [2.05, 4.69) is 10.3 Å². The fourth-order valence-electron chi connectivity index (χ4n) is 1.39. The number of anilines is 2. The second-order valence-corrected chi connectivity index (χ2v) is 3.92. The third kappa shape index (κ3) is 2.41. The fourth-order valence-corrected chi connectivity index (χ4v) is 1.55. The molecule has 0 saturated carbocycles. The Morgan fingerprint density at radius 2 is 2.17 bits per heavy atom. The van der Waals surface area contributed by atoms with E-state index in [4.69, 9.17) is 17.3 Å². The van der Waals surface area contributed by atoms with E-state index in [1.807, 2.05) is 0 Å². The van der Waals surface area contributed by atoms with Gasteiger partial charge in [-0.05, 0) is 18.2 Å². The summed E-state index contributed by atoms with van der Waals surface area (Å²) in [4.78, 5) is 15.7. The fraction of sp³-hybridized carbons (Fsp3) is 0. The van der Waals surface area contributed by atoms with Crippen LogP contribution in [0.2, 0.25) is 5.02 Å². The molecule has 92 valence electrons. The Kier molecular flexibility index (Phi) is 3.43. The van der Waals surface area contributed by atoms with Gasteiger partial charge in [0, 0.05) is 6.20 Å². The Morgan fingerprint density at radius 3 is 2.89 bits per heavy atom. The molecule has 0 atom stereocenters. The highest BCUT2D eigenvalue weighted by Crippen LogP contribution is 2.22. The number of pyridine rings is 1. The van der Waals surface area contributed by atoms with Crippen molar-refractivity contribution in [1.29, 1.82) is 0 Å². The first-order valence-corrected chi connectivity index (χ1v) is 5.42. The molecule has 18 heavy (non-hydrogen) atoms. The van der Waals surface area contributed by atoms with Crippen LogP contribution in [0.15, 0.2) is 36.7 Å². The molecule has 0 aliphatic carbocycles. The maximum absolute atomic E-state index is 13.2. The highest BCUT2D eigenvalue weighted by Gasteiger charge is 2.13. The van der Waals surface area contributed by atoms with Gasteiger partial charge in [0.05, 0.1) is 28.2 Å². The summed E-state index contributed by atoms with van der Waals surface area (Å²) in [5, 5.41) is 2.86. The van der Waals surface area contributed by atoms with Gasteiger partial charge in [-0.1, -0.05) is 17.7 Å². The van der Waals surface area contributed by atoms with E-state index >= 15 is 0 Å². The van der Waals surface area contributed by atoms with Crippen LogP contribution in [0.3, 0.4) is 0 Å². The zero-order valence-corrected chi connectivity index (χ0v) is 9.91. The normalized spacial score (nSPS) is 10.1. The molecular formula is C12H9ClFN3O. The SMILES string of the molecule is Nc1c(F)cccc1C(=O)Nc1cnccc1Cl. The highest BCUT2D eigenvalue weighted by molar-refractivity contribution is 6.33. The van der Waals surface area contributed by atoms with Crippen molar-refractivity contribution in [3.8, 4) is 0 Å². The lowest BCUT2D eigenvalue weighted by Gasteiger charge is -2.08. The number of nitrogens with two attached hydrogens (primary N) is 1. The molecule has 1 heterocycles. The van der Waals surface area contributed by atoms with Crippen LogP contribution in [-0.4, -0.2) is 10.9 Å².